The molecule has 1 fully saturated rings. The molecule has 0 spiro atoms. The SMILES string of the molecule is COc1cc(F)c(C(=O)C2CNCCO2)cc1F. The van der Waals surface area contributed by atoms with Crippen LogP contribution >= 0.6 is 0 Å². The van der Waals surface area contributed by atoms with E-state index in [1.807, 2.05) is 0 Å². The van der Waals surface area contributed by atoms with E-state index in [0.29, 0.717) is 19.7 Å². The summed E-state index contributed by atoms with van der Waals surface area (Å²) in [6.07, 6.45) is -0.777. The van der Waals surface area contributed by atoms with E-state index in [2.05, 4.69) is 10.1 Å². The average Bonchev–Trinajstić information content (AvgIpc) is 2.41. The number of Topliss-reactive ketones (excluding diaryl/α,β-unsaturated/α-hetero) is 1. The third-order valence-electron chi connectivity index (χ3n) is 2.73. The van der Waals surface area contributed by atoms with Gasteiger partial charge >= 0.3 is 0 Å². The van der Waals surface area contributed by atoms with Gasteiger partial charge < -0.3 is 14.8 Å². The van der Waals surface area contributed by atoms with Crippen molar-refractivity contribution in [2.45, 2.75) is 6.10 Å². The minimum atomic E-state index is -0.813. The number of nitrogens with one attached hydrogen (secondary N) is 1. The fourth-order valence-corrected chi connectivity index (χ4v) is 1.78. The Labute approximate surface area is 103 Å². The zero-order chi connectivity index (χ0) is 13.1. The van der Waals surface area contributed by atoms with E-state index in [0.717, 1.165) is 12.1 Å². The van der Waals surface area contributed by atoms with Crippen LogP contribution in [0.4, 0.5) is 8.78 Å². The Balaban J connectivity index is 2.27. The van der Waals surface area contributed by atoms with Gasteiger partial charge in [-0.2, -0.15) is 0 Å². The summed E-state index contributed by atoms with van der Waals surface area (Å²) in [5, 5.41) is 2.96. The first-order valence-electron chi connectivity index (χ1n) is 5.53. The Morgan fingerprint density at radius 3 is 2.83 bits per heavy atom. The number of carbonyl (C=O) groups is 1. The molecule has 18 heavy (non-hydrogen) atoms. The van der Waals surface area contributed by atoms with Crippen LogP contribution < -0.4 is 10.1 Å². The lowest BCUT2D eigenvalue weighted by atomic mass is 10.0. The predicted molar refractivity (Wildman–Crippen MR) is 59.9 cm³/mol. The van der Waals surface area contributed by atoms with Gasteiger partial charge in [-0.05, 0) is 6.07 Å². The largest absolute Gasteiger partial charge is 0.494 e. The van der Waals surface area contributed by atoms with Gasteiger partial charge in [-0.3, -0.25) is 4.79 Å². The predicted octanol–water partition coefficient (Wildman–Crippen LogP) is 1.14. The molecule has 1 aliphatic heterocycles. The van der Waals surface area contributed by atoms with Crippen LogP contribution in [0.1, 0.15) is 10.4 Å². The average molecular weight is 257 g/mol. The highest BCUT2D eigenvalue weighted by Crippen LogP contribution is 2.22. The van der Waals surface area contributed by atoms with Crippen molar-refractivity contribution in [1.82, 2.24) is 5.32 Å². The molecular formula is C12H13F2NO3. The van der Waals surface area contributed by atoms with Gasteiger partial charge in [-0.25, -0.2) is 8.78 Å². The summed E-state index contributed by atoms with van der Waals surface area (Å²) in [6.45, 7) is 1.31. The molecule has 1 aromatic carbocycles. The summed E-state index contributed by atoms with van der Waals surface area (Å²) < 4.78 is 37.0. The van der Waals surface area contributed by atoms with Gasteiger partial charge in [-0.1, -0.05) is 0 Å². The Kier molecular flexibility index (Phi) is 3.88. The van der Waals surface area contributed by atoms with Crippen molar-refractivity contribution in [3.8, 4) is 5.75 Å². The summed E-state index contributed by atoms with van der Waals surface area (Å²) >= 11 is 0. The van der Waals surface area contributed by atoms with Gasteiger partial charge in [0.25, 0.3) is 0 Å². The number of carbonyl (C=O) groups excluding carboxylic acids is 1. The molecular weight excluding hydrogens is 244 g/mol. The molecule has 1 aromatic rings. The first-order chi connectivity index (χ1) is 8.63. The standard InChI is InChI=1S/C12H13F2NO3/c1-17-10-5-8(13)7(4-9(10)14)12(16)11-6-15-2-3-18-11/h4-5,11,15H,2-3,6H2,1H3. The molecule has 4 nitrogen and oxygen atoms in total. The van der Waals surface area contributed by atoms with Crippen molar-refractivity contribution in [2.75, 3.05) is 26.8 Å². The quantitative estimate of drug-likeness (QED) is 0.825. The number of hydrogen-bond acceptors (Lipinski definition) is 4. The maximum Gasteiger partial charge on any atom is 0.195 e. The van der Waals surface area contributed by atoms with Crippen molar-refractivity contribution >= 4 is 5.78 Å². The van der Waals surface area contributed by atoms with Gasteiger partial charge in [0.05, 0.1) is 19.3 Å². The van der Waals surface area contributed by atoms with Crippen LogP contribution in [0, 0.1) is 11.6 Å². The molecule has 2 rings (SSSR count). The molecule has 1 atom stereocenters. The first-order valence-corrected chi connectivity index (χ1v) is 5.53. The van der Waals surface area contributed by atoms with Crippen molar-refractivity contribution in [3.63, 3.8) is 0 Å². The van der Waals surface area contributed by atoms with Gasteiger partial charge in [-0.15, -0.1) is 0 Å². The van der Waals surface area contributed by atoms with Gasteiger partial charge in [0.1, 0.15) is 11.9 Å². The molecule has 1 unspecified atom stereocenters. The van der Waals surface area contributed by atoms with Gasteiger partial charge in [0.2, 0.25) is 0 Å². The smallest absolute Gasteiger partial charge is 0.195 e. The van der Waals surface area contributed by atoms with Crippen molar-refractivity contribution in [1.29, 1.82) is 0 Å². The van der Waals surface area contributed by atoms with Crippen LogP contribution in [0.25, 0.3) is 0 Å². The monoisotopic (exact) mass is 257 g/mol. The first kappa shape index (κ1) is 12.9. The highest BCUT2D eigenvalue weighted by molar-refractivity contribution is 6.00. The van der Waals surface area contributed by atoms with E-state index in [1.165, 1.54) is 7.11 Å². The number of ketones is 1. The highest BCUT2D eigenvalue weighted by Gasteiger charge is 2.26. The summed E-state index contributed by atoms with van der Waals surface area (Å²) in [4.78, 5) is 12.0. The van der Waals surface area contributed by atoms with Crippen LogP contribution in [0.2, 0.25) is 0 Å². The molecule has 0 amide bonds. The van der Waals surface area contributed by atoms with E-state index in [-0.39, 0.29) is 11.3 Å². The number of ether oxygens (including phenoxy) is 2. The lowest BCUT2D eigenvalue weighted by Gasteiger charge is -2.22. The molecule has 0 aliphatic carbocycles. The lowest BCUT2D eigenvalue weighted by molar-refractivity contribution is 0.0266. The fraction of sp³-hybridized carbons (Fsp3) is 0.417. The molecule has 0 bridgehead atoms. The Morgan fingerprint density at radius 2 is 2.22 bits per heavy atom. The number of hydrogen-bond donors (Lipinski definition) is 1. The van der Waals surface area contributed by atoms with Gasteiger partial charge in [0.15, 0.2) is 17.3 Å². The number of morpholine rings is 1. The molecule has 0 saturated carbocycles. The van der Waals surface area contributed by atoms with Crippen LogP contribution in [0.5, 0.6) is 5.75 Å². The summed E-state index contributed by atoms with van der Waals surface area (Å²) in [7, 11) is 1.23. The molecule has 1 aliphatic rings. The number of methoxy groups -OCH3 is 1. The number of benzene rings is 1. The maximum atomic E-state index is 13.7. The fourth-order valence-electron chi connectivity index (χ4n) is 1.78. The normalized spacial score (nSPS) is 19.6. The molecule has 1 N–H and O–H groups in total. The summed E-state index contributed by atoms with van der Waals surface area (Å²) in [5.41, 5.74) is -0.318. The molecule has 1 saturated heterocycles. The zero-order valence-corrected chi connectivity index (χ0v) is 9.83. The summed E-state index contributed by atoms with van der Waals surface area (Å²) in [6, 6.07) is 1.70. The minimum absolute atomic E-state index is 0.230. The Hall–Kier alpha value is -1.53. The Bertz CT molecular complexity index is 459. The zero-order valence-electron chi connectivity index (χ0n) is 9.83. The topological polar surface area (TPSA) is 47.6 Å². The highest BCUT2D eigenvalue weighted by atomic mass is 19.1. The van der Waals surface area contributed by atoms with Crippen molar-refractivity contribution < 1.29 is 23.0 Å². The van der Waals surface area contributed by atoms with Crippen LogP contribution in [0.15, 0.2) is 12.1 Å². The Morgan fingerprint density at radius 1 is 1.44 bits per heavy atom. The third kappa shape index (κ3) is 2.49. The minimum Gasteiger partial charge on any atom is -0.494 e. The second-order valence-corrected chi connectivity index (χ2v) is 3.89. The van der Waals surface area contributed by atoms with E-state index >= 15 is 0 Å². The molecule has 6 heteroatoms. The second-order valence-electron chi connectivity index (χ2n) is 3.89. The van der Waals surface area contributed by atoms with Crippen LogP contribution in [-0.4, -0.2) is 38.7 Å². The second kappa shape index (κ2) is 5.41. The van der Waals surface area contributed by atoms with E-state index in [1.54, 1.807) is 0 Å². The van der Waals surface area contributed by atoms with E-state index in [9.17, 15) is 13.6 Å². The third-order valence-corrected chi connectivity index (χ3v) is 2.73. The molecule has 0 radical (unpaired) electrons. The van der Waals surface area contributed by atoms with Crippen LogP contribution in [0.3, 0.4) is 0 Å². The summed E-state index contributed by atoms with van der Waals surface area (Å²) in [5.74, 6) is -2.38. The number of rotatable bonds is 3. The molecule has 98 valence electrons. The lowest BCUT2D eigenvalue weighted by Crippen LogP contribution is -2.43. The van der Waals surface area contributed by atoms with Gasteiger partial charge in [0, 0.05) is 19.2 Å². The maximum absolute atomic E-state index is 13.7. The van der Waals surface area contributed by atoms with Crippen LogP contribution in [-0.2, 0) is 4.74 Å². The molecule has 1 heterocycles. The number of halogens is 2. The van der Waals surface area contributed by atoms with E-state index < -0.39 is 23.5 Å². The van der Waals surface area contributed by atoms with Crippen molar-refractivity contribution in [2.24, 2.45) is 0 Å². The molecule has 0 aromatic heterocycles. The van der Waals surface area contributed by atoms with E-state index in [4.69, 9.17) is 4.74 Å². The van der Waals surface area contributed by atoms with Crippen molar-refractivity contribution in [3.05, 3.63) is 29.3 Å².